The van der Waals surface area contributed by atoms with Gasteiger partial charge >= 0.3 is 0 Å². The van der Waals surface area contributed by atoms with E-state index in [1.807, 2.05) is 19.1 Å². The number of carbonyl (C=O) groups is 1. The summed E-state index contributed by atoms with van der Waals surface area (Å²) < 4.78 is 5.48. The summed E-state index contributed by atoms with van der Waals surface area (Å²) in [5, 5.41) is 18.0. The molecule has 0 fully saturated rings. The molecule has 0 spiro atoms. The predicted molar refractivity (Wildman–Crippen MR) is 73.0 cm³/mol. The molecule has 0 aliphatic carbocycles. The number of nitrogens with one attached hydrogen (secondary N) is 1. The highest BCUT2D eigenvalue weighted by molar-refractivity contribution is 5.96. The molecule has 8 heteroatoms. The number of H-pyrrole nitrogens is 1. The largest absolute Gasteiger partial charge is 0.421 e. The summed E-state index contributed by atoms with van der Waals surface area (Å²) in [6.07, 6.45) is 0.687. The van der Waals surface area contributed by atoms with E-state index in [-0.39, 0.29) is 5.69 Å². The average molecular weight is 284 g/mol. The van der Waals surface area contributed by atoms with E-state index in [2.05, 4.69) is 25.6 Å². The summed E-state index contributed by atoms with van der Waals surface area (Å²) >= 11 is 0. The first kappa shape index (κ1) is 13.0. The number of rotatable bonds is 4. The molecule has 3 rings (SSSR count). The molecule has 2 aromatic heterocycles. The van der Waals surface area contributed by atoms with Crippen LogP contribution in [0.2, 0.25) is 0 Å². The van der Waals surface area contributed by atoms with Crippen LogP contribution in [-0.2, 0) is 6.42 Å². The molecule has 0 unspecified atom stereocenters. The third-order valence-corrected chi connectivity index (χ3v) is 2.96. The van der Waals surface area contributed by atoms with E-state index in [0.717, 1.165) is 11.1 Å². The normalized spacial score (nSPS) is 10.7. The van der Waals surface area contributed by atoms with Crippen molar-refractivity contribution in [1.82, 2.24) is 25.6 Å². The van der Waals surface area contributed by atoms with Gasteiger partial charge in [0.15, 0.2) is 5.69 Å². The maximum absolute atomic E-state index is 11.2. The second kappa shape index (κ2) is 5.16. The monoisotopic (exact) mass is 284 g/mol. The van der Waals surface area contributed by atoms with Crippen LogP contribution < -0.4 is 5.73 Å². The smallest absolute Gasteiger partial charge is 0.271 e. The number of aromatic nitrogens is 5. The lowest BCUT2D eigenvalue weighted by Crippen LogP contribution is -2.12. The number of carbonyl (C=O) groups excluding carboxylic acids is 1. The number of primary amides is 1. The van der Waals surface area contributed by atoms with Crippen molar-refractivity contribution in [3.8, 4) is 22.7 Å². The molecule has 106 valence electrons. The Kier molecular flexibility index (Phi) is 3.19. The van der Waals surface area contributed by atoms with E-state index in [9.17, 15) is 4.79 Å². The lowest BCUT2D eigenvalue weighted by atomic mass is 10.1. The molecule has 0 saturated heterocycles. The van der Waals surface area contributed by atoms with Crippen LogP contribution in [0.15, 0.2) is 28.7 Å². The summed E-state index contributed by atoms with van der Waals surface area (Å²) in [6.45, 7) is 1.94. The summed E-state index contributed by atoms with van der Waals surface area (Å²) in [7, 11) is 0. The number of aryl methyl sites for hydroxylation is 1. The van der Waals surface area contributed by atoms with Crippen LogP contribution in [0, 0.1) is 0 Å². The lowest BCUT2D eigenvalue weighted by Gasteiger charge is -1.99. The molecule has 2 heterocycles. The topological polar surface area (TPSA) is 124 Å². The lowest BCUT2D eigenvalue weighted by molar-refractivity contribution is 0.0996. The van der Waals surface area contributed by atoms with Crippen LogP contribution in [0.5, 0.6) is 0 Å². The van der Waals surface area contributed by atoms with Gasteiger partial charge in [-0.25, -0.2) is 0 Å². The third kappa shape index (κ3) is 2.38. The Labute approximate surface area is 119 Å². The van der Waals surface area contributed by atoms with Crippen molar-refractivity contribution in [2.45, 2.75) is 13.3 Å². The highest BCUT2D eigenvalue weighted by atomic mass is 16.4. The van der Waals surface area contributed by atoms with Gasteiger partial charge < -0.3 is 10.2 Å². The second-order valence-corrected chi connectivity index (χ2v) is 4.32. The van der Waals surface area contributed by atoms with E-state index >= 15 is 0 Å². The Hall–Kier alpha value is -3.03. The summed E-state index contributed by atoms with van der Waals surface area (Å²) in [5.41, 5.74) is 7.26. The molecule has 1 amide bonds. The molecule has 1 aromatic carbocycles. The Morgan fingerprint density at radius 1 is 1.19 bits per heavy atom. The molecule has 3 aromatic rings. The van der Waals surface area contributed by atoms with Crippen molar-refractivity contribution in [3.05, 3.63) is 35.9 Å². The number of benzene rings is 1. The first-order chi connectivity index (χ1) is 10.2. The van der Waals surface area contributed by atoms with Gasteiger partial charge in [0.25, 0.3) is 5.91 Å². The van der Waals surface area contributed by atoms with Crippen molar-refractivity contribution in [2.75, 3.05) is 0 Å². The number of hydrogen-bond acceptors (Lipinski definition) is 6. The molecule has 8 nitrogen and oxygen atoms in total. The minimum Gasteiger partial charge on any atom is -0.421 e. The molecule has 0 radical (unpaired) electrons. The molecular weight excluding hydrogens is 272 g/mol. The van der Waals surface area contributed by atoms with Crippen molar-refractivity contribution >= 4 is 5.91 Å². The zero-order valence-electron chi connectivity index (χ0n) is 11.2. The Bertz CT molecular complexity index is 774. The first-order valence-corrected chi connectivity index (χ1v) is 6.32. The molecule has 0 saturated carbocycles. The fourth-order valence-electron chi connectivity index (χ4n) is 1.89. The van der Waals surface area contributed by atoms with Gasteiger partial charge in [-0.1, -0.05) is 19.1 Å². The summed E-state index contributed by atoms with van der Waals surface area (Å²) in [6, 6.07) is 7.19. The quantitative estimate of drug-likeness (QED) is 0.741. The molecule has 21 heavy (non-hydrogen) atoms. The van der Waals surface area contributed by atoms with Gasteiger partial charge in [-0.05, 0) is 12.1 Å². The fourth-order valence-corrected chi connectivity index (χ4v) is 1.89. The zero-order chi connectivity index (χ0) is 14.8. The second-order valence-electron chi connectivity index (χ2n) is 4.32. The van der Waals surface area contributed by atoms with Crippen LogP contribution >= 0.6 is 0 Å². The Morgan fingerprint density at radius 2 is 1.90 bits per heavy atom. The number of amides is 1. The van der Waals surface area contributed by atoms with Crippen LogP contribution in [0.25, 0.3) is 22.7 Å². The predicted octanol–water partition coefficient (Wildman–Crippen LogP) is 1.18. The fraction of sp³-hybridized carbons (Fsp3) is 0.154. The van der Waals surface area contributed by atoms with Crippen LogP contribution in [-0.4, -0.2) is 31.5 Å². The summed E-state index contributed by atoms with van der Waals surface area (Å²) in [4.78, 5) is 11.2. The van der Waals surface area contributed by atoms with Crippen molar-refractivity contribution in [3.63, 3.8) is 0 Å². The average Bonchev–Trinajstić information content (AvgIpc) is 3.16. The molecule has 0 aliphatic rings. The zero-order valence-corrected chi connectivity index (χ0v) is 11.2. The standard InChI is InChI=1S/C13H12N6O2/c1-2-9-15-18-13(21-9)8-5-3-7(4-6-8)10-11(12(14)20)17-19-16-10/h3-6H,2H2,1H3,(H2,14,20)(H,16,17,19). The molecule has 0 aliphatic heterocycles. The van der Waals surface area contributed by atoms with Gasteiger partial charge in [0.2, 0.25) is 11.8 Å². The highest BCUT2D eigenvalue weighted by Crippen LogP contribution is 2.24. The maximum Gasteiger partial charge on any atom is 0.271 e. The number of nitrogens with two attached hydrogens (primary N) is 1. The van der Waals surface area contributed by atoms with Gasteiger partial charge in [-0.15, -0.1) is 10.2 Å². The van der Waals surface area contributed by atoms with E-state index in [0.29, 0.717) is 23.9 Å². The first-order valence-electron chi connectivity index (χ1n) is 6.32. The van der Waals surface area contributed by atoms with Gasteiger partial charge in [0.1, 0.15) is 5.69 Å². The minimum absolute atomic E-state index is 0.105. The Balaban J connectivity index is 1.93. The SMILES string of the molecule is CCc1nnc(-c2ccc(-c3n[nH]nc3C(N)=O)cc2)o1. The van der Waals surface area contributed by atoms with Crippen LogP contribution in [0.3, 0.4) is 0 Å². The number of nitrogens with zero attached hydrogens (tertiary/aromatic N) is 4. The summed E-state index contributed by atoms with van der Waals surface area (Å²) in [5.74, 6) is 0.405. The van der Waals surface area contributed by atoms with Crippen molar-refractivity contribution in [2.24, 2.45) is 5.73 Å². The van der Waals surface area contributed by atoms with Gasteiger partial charge in [-0.2, -0.15) is 15.4 Å². The van der Waals surface area contributed by atoms with E-state index in [4.69, 9.17) is 10.2 Å². The number of hydrogen-bond donors (Lipinski definition) is 2. The van der Waals surface area contributed by atoms with Crippen molar-refractivity contribution < 1.29 is 9.21 Å². The highest BCUT2D eigenvalue weighted by Gasteiger charge is 2.15. The van der Waals surface area contributed by atoms with Crippen LogP contribution in [0.1, 0.15) is 23.3 Å². The van der Waals surface area contributed by atoms with Gasteiger partial charge in [0, 0.05) is 17.5 Å². The van der Waals surface area contributed by atoms with E-state index in [1.165, 1.54) is 0 Å². The van der Waals surface area contributed by atoms with Crippen LogP contribution in [0.4, 0.5) is 0 Å². The molecular formula is C13H12N6O2. The molecule has 0 bridgehead atoms. The third-order valence-electron chi connectivity index (χ3n) is 2.96. The Morgan fingerprint density at radius 3 is 2.52 bits per heavy atom. The van der Waals surface area contributed by atoms with E-state index in [1.54, 1.807) is 12.1 Å². The van der Waals surface area contributed by atoms with E-state index < -0.39 is 5.91 Å². The molecule has 3 N–H and O–H groups in total. The minimum atomic E-state index is -0.632. The number of aromatic amines is 1. The van der Waals surface area contributed by atoms with Gasteiger partial charge in [-0.3, -0.25) is 4.79 Å². The maximum atomic E-state index is 11.2. The van der Waals surface area contributed by atoms with Gasteiger partial charge in [0.05, 0.1) is 0 Å². The molecule has 0 atom stereocenters. The van der Waals surface area contributed by atoms with Crippen molar-refractivity contribution in [1.29, 1.82) is 0 Å².